The topological polar surface area (TPSA) is 73.6 Å². The monoisotopic (exact) mass is 412 g/mol. The number of benzene rings is 1. The fourth-order valence-electron chi connectivity index (χ4n) is 5.45. The van der Waals surface area contributed by atoms with Gasteiger partial charge in [-0.15, -0.1) is 0 Å². The lowest BCUT2D eigenvalue weighted by atomic mass is 9.69. The molecule has 2 saturated carbocycles. The van der Waals surface area contributed by atoms with Crippen LogP contribution < -0.4 is 14.8 Å². The fourth-order valence-corrected chi connectivity index (χ4v) is 5.45. The van der Waals surface area contributed by atoms with Gasteiger partial charge in [-0.25, -0.2) is 0 Å². The molecule has 0 spiro atoms. The summed E-state index contributed by atoms with van der Waals surface area (Å²) in [6.45, 7) is 11.1. The Morgan fingerprint density at radius 1 is 1.27 bits per heavy atom. The van der Waals surface area contributed by atoms with Crippen LogP contribution in [0.2, 0.25) is 0 Å². The third kappa shape index (κ3) is 3.17. The van der Waals surface area contributed by atoms with Crippen molar-refractivity contribution in [2.24, 2.45) is 16.7 Å². The Morgan fingerprint density at radius 3 is 2.60 bits per heavy atom. The molecule has 30 heavy (non-hydrogen) atoms. The molecular formula is C24H32N2O4. The molecule has 3 atom stereocenters. The third-order valence-corrected chi connectivity index (χ3v) is 8.08. The maximum atomic E-state index is 13.0. The number of nitrogens with one attached hydrogen (secondary N) is 1. The van der Waals surface area contributed by atoms with Crippen molar-refractivity contribution in [1.29, 1.82) is 0 Å². The maximum absolute atomic E-state index is 13.0. The number of hydrogen-bond donors (Lipinski definition) is 1. The SMILES string of the molecule is COc1cc(C(=O)NC2CC3CCC2(C)C3(C)C)ccc1OCc1c(C)noc1C. The number of amides is 1. The Labute approximate surface area is 178 Å². The molecule has 1 aromatic carbocycles. The zero-order chi connectivity index (χ0) is 21.7. The minimum atomic E-state index is -0.0554. The third-order valence-electron chi connectivity index (χ3n) is 8.08. The van der Waals surface area contributed by atoms with E-state index in [1.165, 1.54) is 12.8 Å². The van der Waals surface area contributed by atoms with E-state index in [0.717, 1.165) is 23.4 Å². The van der Waals surface area contributed by atoms with Crippen molar-refractivity contribution in [3.05, 3.63) is 40.8 Å². The van der Waals surface area contributed by atoms with Crippen LogP contribution in [0.4, 0.5) is 0 Å². The van der Waals surface area contributed by atoms with Crippen molar-refractivity contribution >= 4 is 5.91 Å². The Morgan fingerprint density at radius 2 is 2.03 bits per heavy atom. The highest BCUT2D eigenvalue weighted by atomic mass is 16.5. The first-order valence-electron chi connectivity index (χ1n) is 10.7. The van der Waals surface area contributed by atoms with Gasteiger partial charge in [0, 0.05) is 11.6 Å². The number of aromatic nitrogens is 1. The van der Waals surface area contributed by atoms with Crippen LogP contribution in [0.25, 0.3) is 0 Å². The Balaban J connectivity index is 1.47. The van der Waals surface area contributed by atoms with Crippen LogP contribution in [0.3, 0.4) is 0 Å². The van der Waals surface area contributed by atoms with Gasteiger partial charge in [0.1, 0.15) is 12.4 Å². The molecule has 2 fully saturated rings. The normalized spacial score (nSPS) is 26.6. The molecular weight excluding hydrogens is 380 g/mol. The van der Waals surface area contributed by atoms with Gasteiger partial charge < -0.3 is 19.3 Å². The van der Waals surface area contributed by atoms with Gasteiger partial charge in [0.05, 0.1) is 18.4 Å². The molecule has 1 heterocycles. The molecule has 0 saturated heterocycles. The molecule has 2 aromatic rings. The molecule has 1 amide bonds. The maximum Gasteiger partial charge on any atom is 0.251 e. The predicted octanol–water partition coefficient (Wildman–Crippen LogP) is 4.82. The van der Waals surface area contributed by atoms with Crippen LogP contribution in [0.5, 0.6) is 11.5 Å². The lowest BCUT2D eigenvalue weighted by Gasteiger charge is -2.39. The first-order chi connectivity index (χ1) is 14.2. The first-order valence-corrected chi connectivity index (χ1v) is 10.7. The van der Waals surface area contributed by atoms with Crippen molar-refractivity contribution in [3.8, 4) is 11.5 Å². The van der Waals surface area contributed by atoms with Gasteiger partial charge in [0.2, 0.25) is 0 Å². The van der Waals surface area contributed by atoms with E-state index >= 15 is 0 Å². The van der Waals surface area contributed by atoms with Crippen LogP contribution in [0.1, 0.15) is 67.4 Å². The molecule has 2 aliphatic carbocycles. The lowest BCUT2D eigenvalue weighted by Crippen LogP contribution is -2.46. The van der Waals surface area contributed by atoms with Crippen molar-refractivity contribution in [1.82, 2.24) is 10.5 Å². The smallest absolute Gasteiger partial charge is 0.251 e. The molecule has 1 aromatic heterocycles. The molecule has 1 N–H and O–H groups in total. The second-order valence-corrected chi connectivity index (χ2v) is 9.59. The minimum absolute atomic E-state index is 0.0554. The number of hydrogen-bond acceptors (Lipinski definition) is 5. The second kappa shape index (κ2) is 7.33. The van der Waals surface area contributed by atoms with Gasteiger partial charge in [0.15, 0.2) is 11.5 Å². The highest BCUT2D eigenvalue weighted by molar-refractivity contribution is 5.95. The predicted molar refractivity (Wildman–Crippen MR) is 114 cm³/mol. The summed E-state index contributed by atoms with van der Waals surface area (Å²) in [5, 5.41) is 7.26. The summed E-state index contributed by atoms with van der Waals surface area (Å²) in [7, 11) is 1.58. The van der Waals surface area contributed by atoms with E-state index in [2.05, 4.69) is 31.2 Å². The summed E-state index contributed by atoms with van der Waals surface area (Å²) < 4.78 is 16.6. The second-order valence-electron chi connectivity index (χ2n) is 9.59. The summed E-state index contributed by atoms with van der Waals surface area (Å²) in [5.74, 6) is 2.49. The van der Waals surface area contributed by atoms with E-state index in [-0.39, 0.29) is 22.8 Å². The highest BCUT2D eigenvalue weighted by Gasteiger charge is 2.61. The van der Waals surface area contributed by atoms with E-state index < -0.39 is 0 Å². The minimum Gasteiger partial charge on any atom is -0.493 e. The largest absolute Gasteiger partial charge is 0.493 e. The van der Waals surface area contributed by atoms with Gasteiger partial charge in [0.25, 0.3) is 5.91 Å². The number of carbonyl (C=O) groups excluding carboxylic acids is 1. The molecule has 2 aliphatic rings. The van der Waals surface area contributed by atoms with Crippen molar-refractivity contribution in [2.45, 2.75) is 66.5 Å². The standard InChI is InChI=1S/C24H32N2O4/c1-14-18(15(2)30-26-14)13-29-19-8-7-16(11-20(19)28-6)22(27)25-21-12-17-9-10-24(21,5)23(17,3)4/h7-8,11,17,21H,9-10,12-13H2,1-6H3,(H,25,27). The zero-order valence-corrected chi connectivity index (χ0v) is 18.8. The quantitative estimate of drug-likeness (QED) is 0.736. The molecule has 162 valence electrons. The van der Waals surface area contributed by atoms with Gasteiger partial charge >= 0.3 is 0 Å². The number of nitrogens with zero attached hydrogens (tertiary/aromatic N) is 1. The summed E-state index contributed by atoms with van der Waals surface area (Å²) in [5.41, 5.74) is 2.73. The van der Waals surface area contributed by atoms with Gasteiger partial charge in [-0.1, -0.05) is 25.9 Å². The average molecular weight is 413 g/mol. The molecule has 6 nitrogen and oxygen atoms in total. The van der Waals surface area contributed by atoms with Gasteiger partial charge in [-0.05, 0) is 68.1 Å². The number of methoxy groups -OCH3 is 1. The Kier molecular flexibility index (Phi) is 5.07. The van der Waals surface area contributed by atoms with Crippen LogP contribution in [0, 0.1) is 30.6 Å². The lowest BCUT2D eigenvalue weighted by molar-refractivity contribution is 0.0825. The molecule has 4 rings (SSSR count). The summed E-state index contributed by atoms with van der Waals surface area (Å²) in [6, 6.07) is 5.54. The molecule has 3 unspecified atom stereocenters. The van der Waals surface area contributed by atoms with Gasteiger partial charge in [-0.3, -0.25) is 4.79 Å². The molecule has 0 aliphatic heterocycles. The van der Waals surface area contributed by atoms with Crippen LogP contribution in [-0.4, -0.2) is 24.2 Å². The van der Waals surface area contributed by atoms with E-state index in [0.29, 0.717) is 29.6 Å². The van der Waals surface area contributed by atoms with Crippen molar-refractivity contribution < 1.29 is 18.8 Å². The van der Waals surface area contributed by atoms with Gasteiger partial charge in [-0.2, -0.15) is 0 Å². The summed E-state index contributed by atoms with van der Waals surface area (Å²) in [4.78, 5) is 13.0. The van der Waals surface area contributed by atoms with Crippen LogP contribution >= 0.6 is 0 Å². The fraction of sp³-hybridized carbons (Fsp3) is 0.583. The van der Waals surface area contributed by atoms with E-state index in [1.807, 2.05) is 13.8 Å². The van der Waals surface area contributed by atoms with E-state index in [1.54, 1.807) is 25.3 Å². The number of aryl methyl sites for hydroxylation is 2. The average Bonchev–Trinajstić information content (AvgIpc) is 3.22. The molecule has 6 heteroatoms. The number of rotatable bonds is 6. The highest BCUT2D eigenvalue weighted by Crippen LogP contribution is 2.65. The van der Waals surface area contributed by atoms with Crippen molar-refractivity contribution in [3.63, 3.8) is 0 Å². The summed E-state index contributed by atoms with van der Waals surface area (Å²) >= 11 is 0. The number of carbonyl (C=O) groups is 1. The molecule has 0 radical (unpaired) electrons. The summed E-state index contributed by atoms with van der Waals surface area (Å²) in [6.07, 6.45) is 3.50. The van der Waals surface area contributed by atoms with E-state index in [4.69, 9.17) is 14.0 Å². The number of fused-ring (bicyclic) bond motifs is 2. The Hall–Kier alpha value is -2.50. The number of ether oxygens (including phenoxy) is 2. The van der Waals surface area contributed by atoms with Crippen molar-refractivity contribution in [2.75, 3.05) is 7.11 Å². The first kappa shape index (κ1) is 20.8. The zero-order valence-electron chi connectivity index (χ0n) is 18.8. The molecule has 2 bridgehead atoms. The van der Waals surface area contributed by atoms with E-state index in [9.17, 15) is 4.79 Å². The van der Waals surface area contributed by atoms with Crippen LogP contribution in [0.15, 0.2) is 22.7 Å². The van der Waals surface area contributed by atoms with Crippen LogP contribution in [-0.2, 0) is 6.61 Å². The Bertz CT molecular complexity index is 945.